The molecule has 0 aliphatic heterocycles. The summed E-state index contributed by atoms with van der Waals surface area (Å²) in [5.74, 6) is -2.20. The highest BCUT2D eigenvalue weighted by atomic mass is 19.1. The number of halogens is 2. The van der Waals surface area contributed by atoms with Crippen molar-refractivity contribution in [3.8, 4) is 0 Å². The fraction of sp³-hybridized carbons (Fsp3) is 0.176. The zero-order valence-corrected chi connectivity index (χ0v) is 12.4. The number of hydrogen-bond donors (Lipinski definition) is 1. The molecule has 2 rings (SSSR count). The first-order valence-corrected chi connectivity index (χ1v) is 6.95. The monoisotopic (exact) mass is 319 g/mol. The number of nitrogens with one attached hydrogen (secondary N) is 1. The van der Waals surface area contributed by atoms with Gasteiger partial charge in [0.15, 0.2) is 6.10 Å². The van der Waals surface area contributed by atoms with Crippen LogP contribution in [-0.4, -0.2) is 18.0 Å². The number of anilines is 1. The van der Waals surface area contributed by atoms with Gasteiger partial charge in [0.2, 0.25) is 0 Å². The van der Waals surface area contributed by atoms with E-state index in [0.29, 0.717) is 5.69 Å². The normalized spacial score (nSPS) is 11.6. The maximum atomic E-state index is 13.4. The van der Waals surface area contributed by atoms with Crippen molar-refractivity contribution in [3.05, 3.63) is 65.7 Å². The molecule has 2 aromatic carbocycles. The lowest BCUT2D eigenvalue weighted by Gasteiger charge is -2.13. The van der Waals surface area contributed by atoms with Crippen LogP contribution in [0.15, 0.2) is 48.5 Å². The molecule has 0 fully saturated rings. The second-order valence-electron chi connectivity index (χ2n) is 4.90. The summed E-state index contributed by atoms with van der Waals surface area (Å²) in [6.45, 7) is 1.40. The molecule has 0 aromatic heterocycles. The van der Waals surface area contributed by atoms with Gasteiger partial charge in [-0.2, -0.15) is 0 Å². The molecule has 1 atom stereocenters. The van der Waals surface area contributed by atoms with E-state index in [0.717, 1.165) is 0 Å². The van der Waals surface area contributed by atoms with E-state index in [9.17, 15) is 18.4 Å². The first-order valence-electron chi connectivity index (χ1n) is 6.95. The Morgan fingerprint density at radius 3 is 2.39 bits per heavy atom. The average Bonchev–Trinajstić information content (AvgIpc) is 2.51. The predicted molar refractivity (Wildman–Crippen MR) is 80.7 cm³/mol. The molecule has 0 heterocycles. The highest BCUT2D eigenvalue weighted by Crippen LogP contribution is 2.11. The summed E-state index contributed by atoms with van der Waals surface area (Å²) in [6.07, 6.45) is -1.32. The van der Waals surface area contributed by atoms with E-state index >= 15 is 0 Å². The van der Waals surface area contributed by atoms with Crippen molar-refractivity contribution in [2.24, 2.45) is 0 Å². The van der Waals surface area contributed by atoms with Crippen LogP contribution in [0.3, 0.4) is 0 Å². The number of amides is 1. The van der Waals surface area contributed by atoms with E-state index in [1.54, 1.807) is 6.07 Å². The summed E-state index contributed by atoms with van der Waals surface area (Å²) >= 11 is 0. The standard InChI is InChI=1S/C17H15F2NO3/c1-11(17(22)20-14-8-6-13(18)7-9-14)23-16(21)10-12-4-2-3-5-15(12)19/h2-9,11H,10H2,1H3,(H,20,22)/t11-/m0/s1. The zero-order chi connectivity index (χ0) is 16.8. The van der Waals surface area contributed by atoms with E-state index in [4.69, 9.17) is 4.74 Å². The summed E-state index contributed by atoms with van der Waals surface area (Å²) < 4.78 is 31.2. The number of benzene rings is 2. The molecular formula is C17H15F2NO3. The van der Waals surface area contributed by atoms with Crippen LogP contribution in [0, 0.1) is 11.6 Å². The smallest absolute Gasteiger partial charge is 0.311 e. The van der Waals surface area contributed by atoms with Crippen LogP contribution < -0.4 is 5.32 Å². The Morgan fingerprint density at radius 2 is 1.74 bits per heavy atom. The van der Waals surface area contributed by atoms with Crippen molar-refractivity contribution in [2.45, 2.75) is 19.4 Å². The molecule has 0 aliphatic rings. The number of ether oxygens (including phenoxy) is 1. The van der Waals surface area contributed by atoms with Crippen LogP contribution in [0.2, 0.25) is 0 Å². The third-order valence-corrected chi connectivity index (χ3v) is 3.08. The van der Waals surface area contributed by atoms with Gasteiger partial charge in [-0.05, 0) is 42.8 Å². The molecule has 0 bridgehead atoms. The van der Waals surface area contributed by atoms with Gasteiger partial charge in [0.25, 0.3) is 5.91 Å². The minimum atomic E-state index is -1.06. The Hall–Kier alpha value is -2.76. The second kappa shape index (κ2) is 7.49. The Bertz CT molecular complexity index is 701. The summed E-state index contributed by atoms with van der Waals surface area (Å²) in [6, 6.07) is 11.0. The molecule has 1 amide bonds. The average molecular weight is 319 g/mol. The number of carbonyl (C=O) groups excluding carboxylic acids is 2. The van der Waals surface area contributed by atoms with Gasteiger partial charge in [-0.15, -0.1) is 0 Å². The molecule has 0 saturated heterocycles. The van der Waals surface area contributed by atoms with Gasteiger partial charge in [0.1, 0.15) is 11.6 Å². The van der Waals surface area contributed by atoms with Crippen LogP contribution >= 0.6 is 0 Å². The van der Waals surface area contributed by atoms with Gasteiger partial charge in [-0.3, -0.25) is 9.59 Å². The van der Waals surface area contributed by atoms with Crippen LogP contribution in [-0.2, 0) is 20.7 Å². The van der Waals surface area contributed by atoms with E-state index < -0.39 is 29.6 Å². The van der Waals surface area contributed by atoms with Crippen molar-refractivity contribution < 1.29 is 23.1 Å². The minimum Gasteiger partial charge on any atom is -0.452 e. The number of hydrogen-bond acceptors (Lipinski definition) is 3. The number of esters is 1. The van der Waals surface area contributed by atoms with Gasteiger partial charge in [-0.1, -0.05) is 18.2 Å². The Morgan fingerprint density at radius 1 is 1.09 bits per heavy atom. The van der Waals surface area contributed by atoms with Gasteiger partial charge in [0, 0.05) is 5.69 Å². The zero-order valence-electron chi connectivity index (χ0n) is 12.4. The Labute approximate surface area is 132 Å². The quantitative estimate of drug-likeness (QED) is 0.862. The summed E-state index contributed by atoms with van der Waals surface area (Å²) in [5, 5.41) is 2.49. The highest BCUT2D eigenvalue weighted by Gasteiger charge is 2.19. The van der Waals surface area contributed by atoms with Gasteiger partial charge in [0.05, 0.1) is 6.42 Å². The van der Waals surface area contributed by atoms with Crippen LogP contribution in [0.25, 0.3) is 0 Å². The van der Waals surface area contributed by atoms with E-state index in [2.05, 4.69) is 5.32 Å². The topological polar surface area (TPSA) is 55.4 Å². The second-order valence-corrected chi connectivity index (χ2v) is 4.90. The molecule has 0 saturated carbocycles. The van der Waals surface area contributed by atoms with Crippen molar-refractivity contribution in [2.75, 3.05) is 5.32 Å². The third-order valence-electron chi connectivity index (χ3n) is 3.08. The summed E-state index contributed by atoms with van der Waals surface area (Å²) in [5.41, 5.74) is 0.581. The molecule has 0 spiro atoms. The summed E-state index contributed by atoms with van der Waals surface area (Å²) in [4.78, 5) is 23.7. The largest absolute Gasteiger partial charge is 0.452 e. The van der Waals surface area contributed by atoms with E-state index in [1.165, 1.54) is 49.4 Å². The molecule has 2 aromatic rings. The van der Waals surface area contributed by atoms with Crippen molar-refractivity contribution in [1.29, 1.82) is 0 Å². The first kappa shape index (κ1) is 16.6. The van der Waals surface area contributed by atoms with Crippen LogP contribution in [0.4, 0.5) is 14.5 Å². The minimum absolute atomic E-state index is 0.198. The van der Waals surface area contributed by atoms with Crippen LogP contribution in [0.5, 0.6) is 0 Å². The lowest BCUT2D eigenvalue weighted by molar-refractivity contribution is -0.152. The fourth-order valence-corrected chi connectivity index (χ4v) is 1.87. The van der Waals surface area contributed by atoms with Crippen molar-refractivity contribution >= 4 is 17.6 Å². The van der Waals surface area contributed by atoms with E-state index in [-0.39, 0.29) is 12.0 Å². The molecule has 6 heteroatoms. The van der Waals surface area contributed by atoms with Crippen molar-refractivity contribution in [3.63, 3.8) is 0 Å². The van der Waals surface area contributed by atoms with Crippen LogP contribution in [0.1, 0.15) is 12.5 Å². The molecular weight excluding hydrogens is 304 g/mol. The molecule has 1 N–H and O–H groups in total. The van der Waals surface area contributed by atoms with Gasteiger partial charge in [-0.25, -0.2) is 8.78 Å². The number of carbonyl (C=O) groups is 2. The first-order chi connectivity index (χ1) is 11.0. The molecule has 23 heavy (non-hydrogen) atoms. The maximum absolute atomic E-state index is 13.4. The summed E-state index contributed by atoms with van der Waals surface area (Å²) in [7, 11) is 0. The molecule has 0 radical (unpaired) electrons. The maximum Gasteiger partial charge on any atom is 0.311 e. The highest BCUT2D eigenvalue weighted by molar-refractivity contribution is 5.95. The lowest BCUT2D eigenvalue weighted by Crippen LogP contribution is -2.30. The third kappa shape index (κ3) is 4.88. The van der Waals surface area contributed by atoms with Gasteiger partial charge >= 0.3 is 5.97 Å². The van der Waals surface area contributed by atoms with Gasteiger partial charge < -0.3 is 10.1 Å². The molecule has 0 unspecified atom stereocenters. The Balaban J connectivity index is 1.89. The SMILES string of the molecule is C[C@H](OC(=O)Cc1ccccc1F)C(=O)Nc1ccc(F)cc1. The Kier molecular flexibility index (Phi) is 5.41. The number of rotatable bonds is 5. The van der Waals surface area contributed by atoms with E-state index in [1.807, 2.05) is 0 Å². The molecule has 4 nitrogen and oxygen atoms in total. The lowest BCUT2D eigenvalue weighted by atomic mass is 10.1. The molecule has 0 aliphatic carbocycles. The van der Waals surface area contributed by atoms with Crippen molar-refractivity contribution in [1.82, 2.24) is 0 Å². The molecule has 120 valence electrons. The fourth-order valence-electron chi connectivity index (χ4n) is 1.87. The predicted octanol–water partition coefficient (Wildman–Crippen LogP) is 3.08.